The third-order valence-electron chi connectivity index (χ3n) is 2.34. The molecule has 1 N–H and O–H groups in total. The zero-order valence-electron chi connectivity index (χ0n) is 9.08. The normalized spacial score (nSPS) is 13.2. The Labute approximate surface area is 115 Å². The number of aliphatic carboxylic acids is 1. The predicted octanol–water partition coefficient (Wildman–Crippen LogP) is 3.86. The summed E-state index contributed by atoms with van der Waals surface area (Å²) in [6.07, 6.45) is -4.73. The number of hydrogen-bond acceptors (Lipinski definition) is 2. The SMILES string of the molecule is Cc1cc(Br)ccc1C(C(=S)C(=O)O)C(F)(F)F. The minimum absolute atomic E-state index is 0.141. The first-order valence-electron chi connectivity index (χ1n) is 4.74. The molecule has 0 bridgehead atoms. The van der Waals surface area contributed by atoms with Gasteiger partial charge in [0, 0.05) is 4.47 Å². The van der Waals surface area contributed by atoms with E-state index in [0.717, 1.165) is 0 Å². The van der Waals surface area contributed by atoms with Crippen molar-refractivity contribution < 1.29 is 23.1 Å². The van der Waals surface area contributed by atoms with Crippen molar-refractivity contribution >= 4 is 39.0 Å². The van der Waals surface area contributed by atoms with Gasteiger partial charge >= 0.3 is 12.1 Å². The summed E-state index contributed by atoms with van der Waals surface area (Å²) in [5, 5.41) is 8.67. The maximum absolute atomic E-state index is 12.9. The Morgan fingerprint density at radius 2 is 2.00 bits per heavy atom. The van der Waals surface area contributed by atoms with Crippen LogP contribution < -0.4 is 0 Å². The molecule has 0 aromatic heterocycles. The third-order valence-corrected chi connectivity index (χ3v) is 3.25. The largest absolute Gasteiger partial charge is 0.477 e. The van der Waals surface area contributed by atoms with Crippen LogP contribution in [0.4, 0.5) is 13.2 Å². The minimum Gasteiger partial charge on any atom is -0.477 e. The molecular weight excluding hydrogens is 333 g/mol. The maximum atomic E-state index is 12.9. The average Bonchev–Trinajstić information content (AvgIpc) is 2.19. The summed E-state index contributed by atoms with van der Waals surface area (Å²) in [7, 11) is 0. The van der Waals surface area contributed by atoms with Crippen molar-refractivity contribution in [2.24, 2.45) is 0 Å². The lowest BCUT2D eigenvalue weighted by Crippen LogP contribution is -2.32. The second-order valence-electron chi connectivity index (χ2n) is 3.64. The van der Waals surface area contributed by atoms with Crippen LogP contribution >= 0.6 is 28.1 Å². The molecule has 0 saturated heterocycles. The standard InChI is InChI=1S/C11H8BrF3O2S/c1-5-4-6(12)2-3-7(5)8(11(13,14)15)9(18)10(16)17/h2-4,8H,1H3,(H,16,17). The highest BCUT2D eigenvalue weighted by molar-refractivity contribution is 9.10. The molecule has 98 valence electrons. The van der Waals surface area contributed by atoms with Gasteiger partial charge < -0.3 is 5.11 Å². The van der Waals surface area contributed by atoms with Crippen LogP contribution in [0.5, 0.6) is 0 Å². The predicted molar refractivity (Wildman–Crippen MR) is 67.9 cm³/mol. The van der Waals surface area contributed by atoms with Gasteiger partial charge in [-0.2, -0.15) is 13.2 Å². The molecule has 0 aliphatic heterocycles. The van der Waals surface area contributed by atoms with Crippen LogP contribution in [-0.4, -0.2) is 22.1 Å². The van der Waals surface area contributed by atoms with Crippen LogP contribution in [0.1, 0.15) is 17.0 Å². The molecule has 1 atom stereocenters. The molecule has 1 unspecified atom stereocenters. The minimum atomic E-state index is -4.73. The summed E-state index contributed by atoms with van der Waals surface area (Å²) >= 11 is 7.52. The number of alkyl halides is 3. The fourth-order valence-electron chi connectivity index (χ4n) is 1.55. The number of carbonyl (C=O) groups is 1. The molecule has 0 radical (unpaired) electrons. The van der Waals surface area contributed by atoms with Gasteiger partial charge in [-0.25, -0.2) is 4.79 Å². The molecule has 0 fully saturated rings. The first-order valence-corrected chi connectivity index (χ1v) is 5.94. The van der Waals surface area contributed by atoms with Crippen molar-refractivity contribution in [2.75, 3.05) is 0 Å². The number of benzene rings is 1. The Bertz CT molecular complexity index is 500. The highest BCUT2D eigenvalue weighted by Crippen LogP contribution is 2.38. The van der Waals surface area contributed by atoms with E-state index in [0.29, 0.717) is 10.0 Å². The smallest absolute Gasteiger partial charge is 0.400 e. The van der Waals surface area contributed by atoms with E-state index >= 15 is 0 Å². The summed E-state index contributed by atoms with van der Waals surface area (Å²) in [5.41, 5.74) is 0.188. The lowest BCUT2D eigenvalue weighted by atomic mass is 9.91. The number of thiocarbonyl (C=S) groups is 1. The maximum Gasteiger partial charge on any atom is 0.400 e. The molecule has 0 spiro atoms. The summed E-state index contributed by atoms with van der Waals surface area (Å²) in [6, 6.07) is 4.14. The van der Waals surface area contributed by atoms with Gasteiger partial charge in [-0.15, -0.1) is 0 Å². The van der Waals surface area contributed by atoms with Crippen LogP contribution in [0.3, 0.4) is 0 Å². The van der Waals surface area contributed by atoms with E-state index in [9.17, 15) is 18.0 Å². The molecule has 0 aliphatic rings. The third kappa shape index (κ3) is 3.29. The number of halogens is 4. The molecule has 0 heterocycles. The summed E-state index contributed by atoms with van der Waals surface area (Å²) in [6.45, 7) is 1.48. The van der Waals surface area contributed by atoms with E-state index in [4.69, 9.17) is 5.11 Å². The average molecular weight is 341 g/mol. The summed E-state index contributed by atoms with van der Waals surface area (Å²) in [4.78, 5) is 9.64. The Morgan fingerprint density at radius 1 is 1.44 bits per heavy atom. The summed E-state index contributed by atoms with van der Waals surface area (Å²) in [5.74, 6) is -3.99. The van der Waals surface area contributed by atoms with Gasteiger partial charge in [0.25, 0.3) is 0 Å². The quantitative estimate of drug-likeness (QED) is 0.849. The van der Waals surface area contributed by atoms with Crippen LogP contribution in [0.25, 0.3) is 0 Å². The Balaban J connectivity index is 3.36. The van der Waals surface area contributed by atoms with Crippen molar-refractivity contribution in [1.82, 2.24) is 0 Å². The number of carboxylic acid groups (broad SMARTS) is 1. The number of hydrogen-bond donors (Lipinski definition) is 1. The number of aryl methyl sites for hydroxylation is 1. The second-order valence-corrected chi connectivity index (χ2v) is 5.00. The molecule has 0 amide bonds. The number of carboxylic acids is 1. The fraction of sp³-hybridized carbons (Fsp3) is 0.273. The topological polar surface area (TPSA) is 37.3 Å². The molecule has 7 heteroatoms. The van der Waals surface area contributed by atoms with Gasteiger partial charge in [0.05, 0.1) is 0 Å². The lowest BCUT2D eigenvalue weighted by Gasteiger charge is -2.21. The molecule has 0 saturated carbocycles. The van der Waals surface area contributed by atoms with E-state index in [-0.39, 0.29) is 5.56 Å². The molecule has 1 aromatic carbocycles. The molecule has 2 nitrogen and oxygen atoms in total. The van der Waals surface area contributed by atoms with E-state index in [1.165, 1.54) is 25.1 Å². The first-order chi connectivity index (χ1) is 8.14. The zero-order valence-corrected chi connectivity index (χ0v) is 11.5. The monoisotopic (exact) mass is 340 g/mol. The molecular formula is C11H8BrF3O2S. The number of rotatable bonds is 3. The fourth-order valence-corrected chi connectivity index (χ4v) is 2.29. The van der Waals surface area contributed by atoms with Crippen LogP contribution in [-0.2, 0) is 4.79 Å². The molecule has 0 aliphatic carbocycles. The van der Waals surface area contributed by atoms with Gasteiger partial charge in [0.2, 0.25) is 0 Å². The highest BCUT2D eigenvalue weighted by atomic mass is 79.9. The van der Waals surface area contributed by atoms with Crippen molar-refractivity contribution in [3.05, 3.63) is 33.8 Å². The van der Waals surface area contributed by atoms with Gasteiger partial charge in [-0.05, 0) is 30.2 Å². The van der Waals surface area contributed by atoms with Crippen molar-refractivity contribution in [1.29, 1.82) is 0 Å². The molecule has 18 heavy (non-hydrogen) atoms. The second kappa shape index (κ2) is 5.36. The Morgan fingerprint density at radius 3 is 2.39 bits per heavy atom. The highest BCUT2D eigenvalue weighted by Gasteiger charge is 2.46. The van der Waals surface area contributed by atoms with E-state index in [1.54, 1.807) is 0 Å². The Kier molecular flexibility index (Phi) is 4.50. The zero-order chi connectivity index (χ0) is 14.1. The van der Waals surface area contributed by atoms with Crippen molar-refractivity contribution in [3.63, 3.8) is 0 Å². The van der Waals surface area contributed by atoms with E-state index in [1.807, 2.05) is 0 Å². The van der Waals surface area contributed by atoms with Crippen LogP contribution in [0.15, 0.2) is 22.7 Å². The van der Waals surface area contributed by atoms with Crippen molar-refractivity contribution in [2.45, 2.75) is 19.0 Å². The van der Waals surface area contributed by atoms with Gasteiger partial charge in [-0.1, -0.05) is 34.2 Å². The van der Waals surface area contributed by atoms with E-state index < -0.39 is 22.9 Å². The van der Waals surface area contributed by atoms with E-state index in [2.05, 4.69) is 28.1 Å². The van der Waals surface area contributed by atoms with Gasteiger partial charge in [0.15, 0.2) is 0 Å². The Hall–Kier alpha value is -0.950. The molecule has 1 aromatic rings. The van der Waals surface area contributed by atoms with Crippen molar-refractivity contribution in [3.8, 4) is 0 Å². The first kappa shape index (κ1) is 15.1. The summed E-state index contributed by atoms with van der Waals surface area (Å²) < 4.78 is 39.4. The van der Waals surface area contributed by atoms with Gasteiger partial charge in [-0.3, -0.25) is 0 Å². The lowest BCUT2D eigenvalue weighted by molar-refractivity contribution is -0.141. The van der Waals surface area contributed by atoms with Crippen LogP contribution in [0, 0.1) is 6.92 Å². The van der Waals surface area contributed by atoms with Crippen LogP contribution in [0.2, 0.25) is 0 Å². The van der Waals surface area contributed by atoms with Gasteiger partial charge in [0.1, 0.15) is 10.8 Å². The molecule has 1 rings (SSSR count).